The van der Waals surface area contributed by atoms with E-state index < -0.39 is 11.2 Å². The molecule has 0 amide bonds. The number of thioether (sulfide) groups is 1. The Morgan fingerprint density at radius 3 is 2.80 bits per heavy atom. The number of anilines is 2. The van der Waals surface area contributed by atoms with Crippen molar-refractivity contribution < 1.29 is 4.74 Å². The zero-order chi connectivity index (χ0) is 15.0. The number of nitrogens with zero attached hydrogens (tertiary/aromatic N) is 1. The van der Waals surface area contributed by atoms with E-state index in [1.165, 1.54) is 11.7 Å². The fourth-order valence-electron chi connectivity index (χ4n) is 1.75. The van der Waals surface area contributed by atoms with E-state index in [9.17, 15) is 9.59 Å². The van der Waals surface area contributed by atoms with E-state index in [-0.39, 0.29) is 11.5 Å². The van der Waals surface area contributed by atoms with E-state index in [2.05, 4.69) is 16.6 Å². The standard InChI is InChI=1S/C12H22N4O3S/c1-19-7-6-16-10(13)9(11(17)15-12(16)18)14-5-3-4-8-20-2/h14H,3-8,13H2,1-2H3,(H,15,17,18). The quantitative estimate of drug-likeness (QED) is 0.568. The number of hydrogen-bond donors (Lipinski definition) is 3. The molecule has 7 nitrogen and oxygen atoms in total. The van der Waals surface area contributed by atoms with Crippen LogP contribution in [0.15, 0.2) is 9.59 Å². The minimum absolute atomic E-state index is 0.153. The molecule has 1 aromatic heterocycles. The fraction of sp³-hybridized carbons (Fsp3) is 0.667. The molecule has 0 aliphatic heterocycles. The zero-order valence-electron chi connectivity index (χ0n) is 11.9. The van der Waals surface area contributed by atoms with Gasteiger partial charge in [0, 0.05) is 13.7 Å². The van der Waals surface area contributed by atoms with Gasteiger partial charge >= 0.3 is 5.69 Å². The van der Waals surface area contributed by atoms with Gasteiger partial charge in [0.1, 0.15) is 11.5 Å². The first-order valence-electron chi connectivity index (χ1n) is 6.46. The van der Waals surface area contributed by atoms with Gasteiger partial charge in [-0.2, -0.15) is 11.8 Å². The van der Waals surface area contributed by atoms with Crippen LogP contribution in [0.25, 0.3) is 0 Å². The van der Waals surface area contributed by atoms with Gasteiger partial charge in [0.15, 0.2) is 0 Å². The van der Waals surface area contributed by atoms with E-state index in [1.54, 1.807) is 11.8 Å². The van der Waals surface area contributed by atoms with Gasteiger partial charge in [-0.05, 0) is 24.9 Å². The predicted octanol–water partition coefficient (Wildman–Crippen LogP) is 0.320. The Morgan fingerprint density at radius 2 is 2.15 bits per heavy atom. The van der Waals surface area contributed by atoms with Gasteiger partial charge in [-0.3, -0.25) is 14.3 Å². The fourth-order valence-corrected chi connectivity index (χ4v) is 2.24. The van der Waals surface area contributed by atoms with E-state index in [0.717, 1.165) is 18.6 Å². The summed E-state index contributed by atoms with van der Waals surface area (Å²) in [6, 6.07) is 0. The summed E-state index contributed by atoms with van der Waals surface area (Å²) >= 11 is 1.79. The van der Waals surface area contributed by atoms with Crippen molar-refractivity contribution in [3.63, 3.8) is 0 Å². The predicted molar refractivity (Wildman–Crippen MR) is 83.7 cm³/mol. The highest BCUT2D eigenvalue weighted by atomic mass is 32.2. The molecule has 114 valence electrons. The van der Waals surface area contributed by atoms with Crippen LogP contribution in [-0.4, -0.2) is 41.8 Å². The van der Waals surface area contributed by atoms with Crippen LogP contribution in [0.4, 0.5) is 11.5 Å². The number of nitrogens with one attached hydrogen (secondary N) is 2. The molecular formula is C12H22N4O3S. The summed E-state index contributed by atoms with van der Waals surface area (Å²) in [5.74, 6) is 1.24. The molecule has 0 bridgehead atoms. The van der Waals surface area contributed by atoms with Crippen molar-refractivity contribution >= 4 is 23.3 Å². The van der Waals surface area contributed by atoms with E-state index in [1.807, 2.05) is 0 Å². The molecular weight excluding hydrogens is 280 g/mol. The lowest BCUT2D eigenvalue weighted by atomic mass is 10.3. The highest BCUT2D eigenvalue weighted by molar-refractivity contribution is 7.98. The van der Waals surface area contributed by atoms with Crippen molar-refractivity contribution in [2.75, 3.05) is 43.3 Å². The average molecular weight is 302 g/mol. The van der Waals surface area contributed by atoms with Crippen LogP contribution in [0.5, 0.6) is 0 Å². The lowest BCUT2D eigenvalue weighted by Crippen LogP contribution is -2.35. The molecule has 0 aliphatic carbocycles. The van der Waals surface area contributed by atoms with Gasteiger partial charge in [-0.25, -0.2) is 4.79 Å². The second kappa shape index (κ2) is 8.70. The number of unbranched alkanes of at least 4 members (excludes halogenated alkanes) is 1. The van der Waals surface area contributed by atoms with E-state index >= 15 is 0 Å². The van der Waals surface area contributed by atoms with Crippen LogP contribution in [0, 0.1) is 0 Å². The molecule has 0 aliphatic rings. The molecule has 1 aromatic rings. The Balaban J connectivity index is 2.79. The number of nitrogen functional groups attached to an aromatic ring is 1. The van der Waals surface area contributed by atoms with Crippen LogP contribution >= 0.6 is 11.8 Å². The minimum atomic E-state index is -0.516. The van der Waals surface area contributed by atoms with Crippen molar-refractivity contribution in [3.05, 3.63) is 20.8 Å². The molecule has 20 heavy (non-hydrogen) atoms. The van der Waals surface area contributed by atoms with Gasteiger partial charge in [-0.1, -0.05) is 0 Å². The SMILES string of the molecule is COCCn1c(N)c(NCCCCSC)c(=O)[nH]c1=O. The van der Waals surface area contributed by atoms with Crippen LogP contribution < -0.4 is 22.3 Å². The van der Waals surface area contributed by atoms with Gasteiger partial charge in [0.2, 0.25) is 0 Å². The molecule has 0 spiro atoms. The number of aromatic amines is 1. The van der Waals surface area contributed by atoms with Gasteiger partial charge < -0.3 is 15.8 Å². The molecule has 0 saturated heterocycles. The smallest absolute Gasteiger partial charge is 0.330 e. The van der Waals surface area contributed by atoms with Crippen LogP contribution in [0.3, 0.4) is 0 Å². The molecule has 0 fully saturated rings. The summed E-state index contributed by atoms with van der Waals surface area (Å²) in [5, 5.41) is 3.01. The molecule has 1 heterocycles. The summed E-state index contributed by atoms with van der Waals surface area (Å²) in [4.78, 5) is 25.7. The number of ether oxygens (including phenoxy) is 1. The molecule has 0 atom stereocenters. The Hall–Kier alpha value is -1.41. The van der Waals surface area contributed by atoms with Crippen LogP contribution in [-0.2, 0) is 11.3 Å². The summed E-state index contributed by atoms with van der Waals surface area (Å²) in [6.07, 6.45) is 4.06. The number of nitrogens with two attached hydrogens (primary N) is 1. The van der Waals surface area contributed by atoms with Crippen molar-refractivity contribution in [3.8, 4) is 0 Å². The molecule has 0 saturated carbocycles. The summed E-state index contributed by atoms with van der Waals surface area (Å²) in [5.41, 5.74) is 5.15. The summed E-state index contributed by atoms with van der Waals surface area (Å²) < 4.78 is 6.22. The highest BCUT2D eigenvalue weighted by Gasteiger charge is 2.11. The summed E-state index contributed by atoms with van der Waals surface area (Å²) in [6.45, 7) is 1.30. The maximum Gasteiger partial charge on any atom is 0.330 e. The number of rotatable bonds is 9. The maximum absolute atomic E-state index is 11.8. The lowest BCUT2D eigenvalue weighted by molar-refractivity contribution is 0.186. The first kappa shape index (κ1) is 16.6. The number of aromatic nitrogens is 2. The van der Waals surface area contributed by atoms with E-state index in [4.69, 9.17) is 10.5 Å². The molecule has 4 N–H and O–H groups in total. The first-order valence-corrected chi connectivity index (χ1v) is 7.85. The molecule has 0 unspecified atom stereocenters. The Kier molecular flexibility index (Phi) is 7.24. The molecule has 8 heteroatoms. The number of hydrogen-bond acceptors (Lipinski definition) is 6. The molecule has 1 rings (SSSR count). The molecule has 0 radical (unpaired) electrons. The zero-order valence-corrected chi connectivity index (χ0v) is 12.7. The Labute approximate surface area is 121 Å². The van der Waals surface area contributed by atoms with Gasteiger partial charge in [0.05, 0.1) is 13.2 Å². The third-order valence-corrected chi connectivity index (χ3v) is 3.53. The highest BCUT2D eigenvalue weighted by Crippen LogP contribution is 2.10. The molecule has 0 aromatic carbocycles. The second-order valence-electron chi connectivity index (χ2n) is 4.29. The maximum atomic E-state index is 11.8. The summed E-state index contributed by atoms with van der Waals surface area (Å²) in [7, 11) is 1.54. The minimum Gasteiger partial charge on any atom is -0.383 e. The van der Waals surface area contributed by atoms with Crippen molar-refractivity contribution in [2.24, 2.45) is 0 Å². The van der Waals surface area contributed by atoms with Gasteiger partial charge in [0.25, 0.3) is 5.56 Å². The monoisotopic (exact) mass is 302 g/mol. The third kappa shape index (κ3) is 4.61. The topological polar surface area (TPSA) is 102 Å². The lowest BCUT2D eigenvalue weighted by Gasteiger charge is -2.13. The Morgan fingerprint density at radius 1 is 1.40 bits per heavy atom. The number of methoxy groups -OCH3 is 1. The first-order chi connectivity index (χ1) is 9.61. The third-order valence-electron chi connectivity index (χ3n) is 2.84. The van der Waals surface area contributed by atoms with Crippen molar-refractivity contribution in [2.45, 2.75) is 19.4 Å². The van der Waals surface area contributed by atoms with E-state index in [0.29, 0.717) is 19.7 Å². The van der Waals surface area contributed by atoms with Crippen molar-refractivity contribution in [1.29, 1.82) is 0 Å². The van der Waals surface area contributed by atoms with Gasteiger partial charge in [-0.15, -0.1) is 0 Å². The largest absolute Gasteiger partial charge is 0.383 e. The van der Waals surface area contributed by atoms with Crippen molar-refractivity contribution in [1.82, 2.24) is 9.55 Å². The number of H-pyrrole nitrogens is 1. The second-order valence-corrected chi connectivity index (χ2v) is 5.28. The Bertz CT molecular complexity index is 526. The van der Waals surface area contributed by atoms with Crippen LogP contribution in [0.2, 0.25) is 0 Å². The normalized spacial score (nSPS) is 10.7. The average Bonchev–Trinajstić information content (AvgIpc) is 2.41. The van der Waals surface area contributed by atoms with Crippen LogP contribution in [0.1, 0.15) is 12.8 Å².